The summed E-state index contributed by atoms with van der Waals surface area (Å²) in [6, 6.07) is 7.43. The van der Waals surface area contributed by atoms with Crippen molar-refractivity contribution in [3.8, 4) is 5.75 Å². The molecular weight excluding hydrogens is 408 g/mol. The summed E-state index contributed by atoms with van der Waals surface area (Å²) in [5.41, 5.74) is -0.190. The first-order valence-corrected chi connectivity index (χ1v) is 10.6. The van der Waals surface area contributed by atoms with Crippen LogP contribution in [0.3, 0.4) is 0 Å². The van der Waals surface area contributed by atoms with Gasteiger partial charge in [0.05, 0.1) is 26.2 Å². The third-order valence-electron chi connectivity index (χ3n) is 6.38. The quantitative estimate of drug-likeness (QED) is 0.408. The number of Topliss-reactive ketones (excluding diaryl/α,β-unsaturated/α-hetero) is 1. The fraction of sp³-hybridized carbons (Fsp3) is 0.591. The van der Waals surface area contributed by atoms with Gasteiger partial charge in [0.1, 0.15) is 17.3 Å². The molecule has 1 spiro atoms. The Morgan fingerprint density at radius 3 is 2.47 bits per heavy atom. The lowest BCUT2D eigenvalue weighted by Crippen LogP contribution is -2.63. The molecule has 1 saturated heterocycles. The van der Waals surface area contributed by atoms with Crippen molar-refractivity contribution in [3.63, 3.8) is 0 Å². The van der Waals surface area contributed by atoms with Gasteiger partial charge in [0.15, 0.2) is 11.6 Å². The molecule has 0 amide bonds. The van der Waals surface area contributed by atoms with Crippen LogP contribution >= 0.6 is 12.2 Å². The maximum atomic E-state index is 13.4. The summed E-state index contributed by atoms with van der Waals surface area (Å²) in [5.74, 6) is -1.88. The van der Waals surface area contributed by atoms with Crippen LogP contribution in [0.1, 0.15) is 31.7 Å². The van der Waals surface area contributed by atoms with Crippen molar-refractivity contribution in [2.75, 3.05) is 20.3 Å². The number of fused-ring (bicyclic) bond motifs is 2. The molecule has 30 heavy (non-hydrogen) atoms. The summed E-state index contributed by atoms with van der Waals surface area (Å²) in [4.78, 5) is 26.2. The third-order valence-corrected chi connectivity index (χ3v) is 6.56. The van der Waals surface area contributed by atoms with Crippen molar-refractivity contribution in [2.24, 2.45) is 17.3 Å². The van der Waals surface area contributed by atoms with Gasteiger partial charge in [0.2, 0.25) is 0 Å². The molecule has 162 valence electrons. The number of methoxy groups -OCH3 is 1. The molecule has 0 radical (unpaired) electrons. The van der Waals surface area contributed by atoms with Crippen molar-refractivity contribution in [3.05, 3.63) is 29.8 Å². The van der Waals surface area contributed by atoms with Crippen LogP contribution < -0.4 is 4.74 Å². The zero-order valence-electron chi connectivity index (χ0n) is 17.3. The van der Waals surface area contributed by atoms with Gasteiger partial charge in [0, 0.05) is 25.1 Å². The second-order valence-electron chi connectivity index (χ2n) is 8.46. The third kappa shape index (κ3) is 3.61. The standard InChI is InChI=1S/C22H26O7S/c1-13-4-6-15(7-5-13)28-20(30)29-17-14(2)10-21(19(24)25-3)12-22(26-8-9-27-22)11-16(17)18(21)23/h4-7,14,16-17H,8-12H2,1-3H3/t14-,16+,17+,21-/m0/s1. The molecule has 1 aromatic rings. The number of carbonyl (C=O) groups excluding carboxylic acids is 2. The van der Waals surface area contributed by atoms with E-state index in [1.54, 1.807) is 12.1 Å². The maximum absolute atomic E-state index is 13.4. The first-order valence-electron chi connectivity index (χ1n) is 10.1. The molecule has 4 rings (SSSR count). The van der Waals surface area contributed by atoms with E-state index in [1.165, 1.54) is 7.11 Å². The topological polar surface area (TPSA) is 80.3 Å². The number of ketones is 1. The fourth-order valence-corrected chi connectivity index (χ4v) is 5.31. The average Bonchev–Trinajstić information content (AvgIpc) is 3.16. The van der Waals surface area contributed by atoms with Gasteiger partial charge >= 0.3 is 11.2 Å². The molecule has 8 heteroatoms. The monoisotopic (exact) mass is 434 g/mol. The van der Waals surface area contributed by atoms with Crippen LogP contribution in [0.2, 0.25) is 0 Å². The van der Waals surface area contributed by atoms with E-state index in [4.69, 9.17) is 35.9 Å². The van der Waals surface area contributed by atoms with Gasteiger partial charge in [-0.15, -0.1) is 0 Å². The molecule has 1 aromatic carbocycles. The van der Waals surface area contributed by atoms with E-state index in [2.05, 4.69) is 0 Å². The average molecular weight is 435 g/mol. The number of benzene rings is 1. The Hall–Kier alpha value is -2.03. The molecule has 1 heterocycles. The molecule has 0 unspecified atom stereocenters. The fourth-order valence-electron chi connectivity index (χ4n) is 5.11. The molecule has 2 saturated carbocycles. The van der Waals surface area contributed by atoms with Gasteiger partial charge in [-0.25, -0.2) is 0 Å². The van der Waals surface area contributed by atoms with Crippen LogP contribution in [-0.2, 0) is 28.5 Å². The second-order valence-corrected chi connectivity index (χ2v) is 8.80. The van der Waals surface area contributed by atoms with E-state index in [1.807, 2.05) is 26.0 Å². The molecule has 3 fully saturated rings. The number of esters is 1. The van der Waals surface area contributed by atoms with E-state index in [-0.39, 0.29) is 29.8 Å². The van der Waals surface area contributed by atoms with Crippen molar-refractivity contribution in [1.29, 1.82) is 0 Å². The Bertz CT molecular complexity index is 846. The van der Waals surface area contributed by atoms with Gasteiger partial charge in [0.25, 0.3) is 0 Å². The zero-order chi connectivity index (χ0) is 21.5. The summed E-state index contributed by atoms with van der Waals surface area (Å²) in [5, 5.41) is -0.0537. The predicted molar refractivity (Wildman–Crippen MR) is 110 cm³/mol. The Kier molecular flexibility index (Phi) is 5.59. The predicted octanol–water partition coefficient (Wildman–Crippen LogP) is 2.97. The molecule has 4 atom stereocenters. The minimum atomic E-state index is -1.29. The number of ether oxygens (including phenoxy) is 5. The molecule has 0 aromatic heterocycles. The van der Waals surface area contributed by atoms with Crippen LogP contribution in [0, 0.1) is 24.2 Å². The Labute approximate surface area is 181 Å². The maximum Gasteiger partial charge on any atom is 0.358 e. The highest BCUT2D eigenvalue weighted by Gasteiger charge is 2.66. The lowest BCUT2D eigenvalue weighted by molar-refractivity contribution is -0.234. The molecule has 2 aliphatic carbocycles. The highest BCUT2D eigenvalue weighted by molar-refractivity contribution is 7.79. The summed E-state index contributed by atoms with van der Waals surface area (Å²) in [6.45, 7) is 4.78. The van der Waals surface area contributed by atoms with Gasteiger partial charge in [-0.05, 0) is 31.4 Å². The normalized spacial score (nSPS) is 32.0. The van der Waals surface area contributed by atoms with Gasteiger partial charge in [-0.2, -0.15) is 0 Å². The molecule has 7 nitrogen and oxygen atoms in total. The minimum Gasteiger partial charge on any atom is -0.468 e. The lowest BCUT2D eigenvalue weighted by Gasteiger charge is -2.52. The first kappa shape index (κ1) is 21.2. The highest BCUT2D eigenvalue weighted by Crippen LogP contribution is 2.55. The lowest BCUT2D eigenvalue weighted by atomic mass is 9.55. The number of hydrogen-bond donors (Lipinski definition) is 0. The number of carbonyl (C=O) groups is 2. The Morgan fingerprint density at radius 1 is 1.17 bits per heavy atom. The van der Waals surface area contributed by atoms with E-state index in [0.29, 0.717) is 25.4 Å². The Morgan fingerprint density at radius 2 is 1.83 bits per heavy atom. The van der Waals surface area contributed by atoms with Crippen molar-refractivity contribution >= 4 is 29.2 Å². The summed E-state index contributed by atoms with van der Waals surface area (Å²) < 4.78 is 28.4. The van der Waals surface area contributed by atoms with Crippen molar-refractivity contribution < 1.29 is 33.3 Å². The van der Waals surface area contributed by atoms with E-state index >= 15 is 0 Å². The SMILES string of the molecule is COC(=O)[C@@]12C[C@H](C)[C@@H](OC(=S)Oc3ccc(C)cc3)[C@@H](CC3(C1)OCCO3)C2=O. The first-order chi connectivity index (χ1) is 14.3. The minimum absolute atomic E-state index is 0.0537. The van der Waals surface area contributed by atoms with E-state index in [0.717, 1.165) is 5.56 Å². The molecule has 3 aliphatic rings. The smallest absolute Gasteiger partial charge is 0.358 e. The summed E-state index contributed by atoms with van der Waals surface area (Å²) in [6.07, 6.45) is 0.218. The van der Waals surface area contributed by atoms with Gasteiger partial charge < -0.3 is 23.7 Å². The van der Waals surface area contributed by atoms with Crippen LogP contribution in [0.4, 0.5) is 0 Å². The van der Waals surface area contributed by atoms with Crippen LogP contribution in [0.15, 0.2) is 24.3 Å². The largest absolute Gasteiger partial charge is 0.468 e. The van der Waals surface area contributed by atoms with E-state index in [9.17, 15) is 9.59 Å². The van der Waals surface area contributed by atoms with Gasteiger partial charge in [-0.3, -0.25) is 9.59 Å². The number of hydrogen-bond acceptors (Lipinski definition) is 8. The molecule has 1 aliphatic heterocycles. The van der Waals surface area contributed by atoms with Crippen LogP contribution in [0.25, 0.3) is 0 Å². The number of rotatable bonds is 3. The molecular formula is C22H26O7S. The molecule has 0 N–H and O–H groups in total. The van der Waals surface area contributed by atoms with Crippen molar-refractivity contribution in [2.45, 2.75) is 45.0 Å². The zero-order valence-corrected chi connectivity index (χ0v) is 18.2. The number of aryl methyl sites for hydroxylation is 1. The highest BCUT2D eigenvalue weighted by atomic mass is 32.1. The van der Waals surface area contributed by atoms with Crippen LogP contribution in [0.5, 0.6) is 5.75 Å². The summed E-state index contributed by atoms with van der Waals surface area (Å²) in [7, 11) is 1.30. The van der Waals surface area contributed by atoms with E-state index < -0.39 is 29.2 Å². The van der Waals surface area contributed by atoms with Crippen molar-refractivity contribution in [1.82, 2.24) is 0 Å². The molecule has 2 bridgehead atoms. The number of thiocarbonyl (C=S) groups is 1. The Balaban J connectivity index is 1.57. The van der Waals surface area contributed by atoms with Gasteiger partial charge in [-0.1, -0.05) is 24.6 Å². The summed E-state index contributed by atoms with van der Waals surface area (Å²) >= 11 is 5.31. The van der Waals surface area contributed by atoms with Crippen LogP contribution in [-0.4, -0.2) is 49.2 Å². The second kappa shape index (κ2) is 7.90.